The molecule has 1 aromatic rings. The van der Waals surface area contributed by atoms with E-state index in [9.17, 15) is 9.46 Å². The molecule has 2 rings (SSSR count). The number of phosphoric acid groups is 1. The van der Waals surface area contributed by atoms with Crippen LogP contribution in [0.3, 0.4) is 0 Å². The first-order valence-corrected chi connectivity index (χ1v) is 16.3. The SMILES string of the molecule is CCCCCCCCCCCCCCCCOC[C@@H]1OCCC[C@H]1OP(=O)([O-])OCC[n+]1ccccc1. The van der Waals surface area contributed by atoms with Crippen molar-refractivity contribution in [2.45, 2.75) is 128 Å². The van der Waals surface area contributed by atoms with Crippen molar-refractivity contribution in [2.75, 3.05) is 26.4 Å². The third kappa shape index (κ3) is 16.7. The van der Waals surface area contributed by atoms with Crippen molar-refractivity contribution in [1.29, 1.82) is 0 Å². The maximum Gasteiger partial charge on any atom is 0.268 e. The van der Waals surface area contributed by atoms with E-state index in [-0.39, 0.29) is 12.7 Å². The molecule has 1 fully saturated rings. The molecule has 0 spiro atoms. The second kappa shape index (κ2) is 21.1. The van der Waals surface area contributed by atoms with Gasteiger partial charge in [-0.25, -0.2) is 4.57 Å². The molecule has 1 saturated heterocycles. The molecule has 2 heterocycles. The van der Waals surface area contributed by atoms with Crippen LogP contribution in [0.25, 0.3) is 0 Å². The predicted molar refractivity (Wildman–Crippen MR) is 145 cm³/mol. The van der Waals surface area contributed by atoms with E-state index in [1.54, 1.807) is 0 Å². The highest BCUT2D eigenvalue weighted by Crippen LogP contribution is 2.42. The van der Waals surface area contributed by atoms with Gasteiger partial charge in [0.2, 0.25) is 0 Å². The van der Waals surface area contributed by atoms with Gasteiger partial charge < -0.3 is 23.4 Å². The Morgan fingerprint density at radius 3 is 2.08 bits per heavy atom. The highest BCUT2D eigenvalue weighted by molar-refractivity contribution is 7.45. The Balaban J connectivity index is 1.46. The van der Waals surface area contributed by atoms with Crippen LogP contribution in [0, 0.1) is 0 Å². The molecule has 37 heavy (non-hydrogen) atoms. The highest BCUT2D eigenvalue weighted by Gasteiger charge is 2.30. The summed E-state index contributed by atoms with van der Waals surface area (Å²) in [5.74, 6) is 0. The first kappa shape index (κ1) is 32.4. The zero-order chi connectivity index (χ0) is 26.4. The number of unbranched alkanes of at least 4 members (excludes halogenated alkanes) is 13. The molecule has 0 aromatic carbocycles. The van der Waals surface area contributed by atoms with Crippen molar-refractivity contribution in [3.8, 4) is 0 Å². The molecule has 0 N–H and O–H groups in total. The minimum Gasteiger partial charge on any atom is -0.756 e. The summed E-state index contributed by atoms with van der Waals surface area (Å²) in [6, 6.07) is 5.68. The molecule has 1 unspecified atom stereocenters. The van der Waals surface area contributed by atoms with Gasteiger partial charge in [0.05, 0.1) is 12.7 Å². The minimum atomic E-state index is -4.41. The molecule has 7 nitrogen and oxygen atoms in total. The Morgan fingerprint density at radius 2 is 1.46 bits per heavy atom. The Labute approximate surface area is 225 Å². The van der Waals surface area contributed by atoms with Gasteiger partial charge >= 0.3 is 0 Å². The summed E-state index contributed by atoms with van der Waals surface area (Å²) in [5, 5.41) is 0. The molecular formula is C29H52NO6P. The molecule has 3 atom stereocenters. The number of ether oxygens (including phenoxy) is 2. The maximum atomic E-state index is 12.3. The van der Waals surface area contributed by atoms with Gasteiger partial charge in [-0.15, -0.1) is 0 Å². The number of pyridine rings is 1. The zero-order valence-corrected chi connectivity index (χ0v) is 24.1. The molecule has 1 aliphatic rings. The lowest BCUT2D eigenvalue weighted by Crippen LogP contribution is -2.40. The number of rotatable bonds is 23. The molecule has 0 aliphatic carbocycles. The molecule has 8 heteroatoms. The van der Waals surface area contributed by atoms with Crippen LogP contribution in [0.15, 0.2) is 30.6 Å². The fraction of sp³-hybridized carbons (Fsp3) is 0.828. The van der Waals surface area contributed by atoms with Crippen molar-refractivity contribution in [3.63, 3.8) is 0 Å². The van der Waals surface area contributed by atoms with E-state index in [1.165, 1.54) is 83.5 Å². The highest BCUT2D eigenvalue weighted by atomic mass is 31.2. The molecule has 0 radical (unpaired) electrons. The molecule has 0 amide bonds. The summed E-state index contributed by atoms with van der Waals surface area (Å²) in [6.07, 6.45) is 22.8. The van der Waals surface area contributed by atoms with Crippen LogP contribution in [0.5, 0.6) is 0 Å². The van der Waals surface area contributed by atoms with Gasteiger partial charge in [0, 0.05) is 25.3 Å². The zero-order valence-electron chi connectivity index (χ0n) is 23.2. The fourth-order valence-corrected chi connectivity index (χ4v) is 5.66. The first-order valence-electron chi connectivity index (χ1n) is 14.9. The van der Waals surface area contributed by atoms with Crippen LogP contribution in [-0.4, -0.2) is 38.6 Å². The van der Waals surface area contributed by atoms with E-state index in [0.29, 0.717) is 32.8 Å². The predicted octanol–water partition coefficient (Wildman–Crippen LogP) is 6.52. The summed E-state index contributed by atoms with van der Waals surface area (Å²) < 4.78 is 36.2. The number of phosphoric ester groups is 1. The largest absolute Gasteiger partial charge is 0.756 e. The van der Waals surface area contributed by atoms with E-state index in [0.717, 1.165) is 12.8 Å². The summed E-state index contributed by atoms with van der Waals surface area (Å²) in [4.78, 5) is 12.3. The van der Waals surface area contributed by atoms with E-state index in [1.807, 2.05) is 35.2 Å². The summed E-state index contributed by atoms with van der Waals surface area (Å²) in [5.41, 5.74) is 0. The third-order valence-corrected chi connectivity index (χ3v) is 7.97. The van der Waals surface area contributed by atoms with Crippen LogP contribution < -0.4 is 9.46 Å². The Kier molecular flexibility index (Phi) is 18.4. The van der Waals surface area contributed by atoms with Crippen molar-refractivity contribution >= 4 is 7.82 Å². The van der Waals surface area contributed by atoms with Crippen molar-refractivity contribution < 1.29 is 32.5 Å². The van der Waals surface area contributed by atoms with Gasteiger partial charge in [-0.05, 0) is 19.3 Å². The molecule has 1 aromatic heterocycles. The van der Waals surface area contributed by atoms with Gasteiger partial charge in [0.15, 0.2) is 18.9 Å². The van der Waals surface area contributed by atoms with E-state index in [2.05, 4.69) is 6.92 Å². The average Bonchev–Trinajstić information content (AvgIpc) is 2.89. The summed E-state index contributed by atoms with van der Waals surface area (Å²) in [7, 11) is -4.41. The van der Waals surface area contributed by atoms with Gasteiger partial charge in [-0.1, -0.05) is 96.5 Å². The number of hydrogen-bond acceptors (Lipinski definition) is 6. The lowest BCUT2D eigenvalue weighted by molar-refractivity contribution is -0.697. The molecular weight excluding hydrogens is 489 g/mol. The summed E-state index contributed by atoms with van der Waals surface area (Å²) >= 11 is 0. The fourth-order valence-electron chi connectivity index (χ4n) is 4.72. The normalized spacial score (nSPS) is 19.6. The lowest BCUT2D eigenvalue weighted by Gasteiger charge is -2.35. The Bertz CT molecular complexity index is 707. The molecule has 214 valence electrons. The van der Waals surface area contributed by atoms with Crippen molar-refractivity contribution in [3.05, 3.63) is 30.6 Å². The number of hydrogen-bond donors (Lipinski definition) is 0. The minimum absolute atomic E-state index is 0.0311. The van der Waals surface area contributed by atoms with Gasteiger partial charge in [0.25, 0.3) is 7.82 Å². The average molecular weight is 542 g/mol. The van der Waals surface area contributed by atoms with E-state index >= 15 is 0 Å². The van der Waals surface area contributed by atoms with Crippen LogP contribution in [0.4, 0.5) is 0 Å². The third-order valence-electron chi connectivity index (χ3n) is 6.94. The first-order chi connectivity index (χ1) is 18.1. The van der Waals surface area contributed by atoms with Crippen LogP contribution in [0.2, 0.25) is 0 Å². The quantitative estimate of drug-likeness (QED) is 0.0891. The second-order valence-electron chi connectivity index (χ2n) is 10.3. The van der Waals surface area contributed by atoms with Gasteiger partial charge in [-0.3, -0.25) is 4.57 Å². The van der Waals surface area contributed by atoms with Crippen LogP contribution in [-0.2, 0) is 29.6 Å². The Hall–Kier alpha value is -0.820. The Morgan fingerprint density at radius 1 is 0.865 bits per heavy atom. The number of nitrogens with zero attached hydrogens (tertiary/aromatic N) is 1. The topological polar surface area (TPSA) is 80.9 Å². The van der Waals surface area contributed by atoms with Gasteiger partial charge in [0.1, 0.15) is 12.7 Å². The standard InChI is InChI=1S/C29H52NO6P/c1-2-3-4-5-6-7-8-9-10-11-12-13-14-18-24-33-27-29-28(20-19-25-34-29)36-37(31,32)35-26-23-30-21-16-15-17-22-30/h15-17,21-22,28-29H,2-14,18-20,23-27H2,1H3/t28-,29+/m1/s1. The number of aromatic nitrogens is 1. The molecule has 1 aliphatic heterocycles. The smallest absolute Gasteiger partial charge is 0.268 e. The monoisotopic (exact) mass is 541 g/mol. The molecule has 0 bridgehead atoms. The maximum absolute atomic E-state index is 12.3. The lowest BCUT2D eigenvalue weighted by atomic mass is 10.0. The van der Waals surface area contributed by atoms with Crippen LogP contribution >= 0.6 is 7.82 Å². The van der Waals surface area contributed by atoms with E-state index < -0.39 is 13.9 Å². The summed E-state index contributed by atoms with van der Waals surface area (Å²) in [6.45, 7) is 4.36. The van der Waals surface area contributed by atoms with Crippen molar-refractivity contribution in [1.82, 2.24) is 0 Å². The van der Waals surface area contributed by atoms with Crippen molar-refractivity contribution in [2.24, 2.45) is 0 Å². The van der Waals surface area contributed by atoms with Crippen LogP contribution in [0.1, 0.15) is 110 Å². The second-order valence-corrected chi connectivity index (χ2v) is 11.6. The molecule has 0 saturated carbocycles. The van der Waals surface area contributed by atoms with Gasteiger partial charge in [-0.2, -0.15) is 0 Å². The van der Waals surface area contributed by atoms with E-state index in [4.69, 9.17) is 18.5 Å².